The number of hydrogen-bond donors (Lipinski definition) is 0. The van der Waals surface area contributed by atoms with Crippen molar-refractivity contribution in [1.29, 1.82) is 0 Å². The highest BCUT2D eigenvalue weighted by atomic mass is 15.2. The Labute approximate surface area is 71.1 Å². The minimum absolute atomic E-state index is 1.13. The van der Waals surface area contributed by atoms with Crippen LogP contribution in [0.1, 0.15) is 12.5 Å². The SMILES string of the molecule is C/C=C/c1ccc2ccnn2c1. The van der Waals surface area contributed by atoms with Gasteiger partial charge in [0.2, 0.25) is 0 Å². The molecule has 2 heteroatoms. The van der Waals surface area contributed by atoms with Crippen molar-refractivity contribution in [2.75, 3.05) is 0 Å². The van der Waals surface area contributed by atoms with Crippen molar-refractivity contribution in [3.05, 3.63) is 42.2 Å². The first-order valence-corrected chi connectivity index (χ1v) is 3.96. The molecule has 0 N–H and O–H groups in total. The third-order valence-electron chi connectivity index (χ3n) is 1.78. The van der Waals surface area contributed by atoms with Crippen LogP contribution < -0.4 is 0 Å². The molecule has 0 bridgehead atoms. The lowest BCUT2D eigenvalue weighted by molar-refractivity contribution is 0.959. The molecule has 2 aromatic rings. The van der Waals surface area contributed by atoms with E-state index in [1.54, 1.807) is 6.20 Å². The van der Waals surface area contributed by atoms with Crippen molar-refractivity contribution in [3.8, 4) is 0 Å². The molecule has 0 fully saturated rings. The van der Waals surface area contributed by atoms with Gasteiger partial charge in [-0.05, 0) is 24.6 Å². The van der Waals surface area contributed by atoms with Crippen LogP contribution in [0.5, 0.6) is 0 Å². The van der Waals surface area contributed by atoms with Crippen LogP contribution in [-0.2, 0) is 0 Å². The Hall–Kier alpha value is -1.57. The molecule has 0 aromatic carbocycles. The molecule has 0 aliphatic heterocycles. The Balaban J connectivity index is 2.60. The number of fused-ring (bicyclic) bond motifs is 1. The Morgan fingerprint density at radius 1 is 1.33 bits per heavy atom. The fraction of sp³-hybridized carbons (Fsp3) is 0.100. The fourth-order valence-corrected chi connectivity index (χ4v) is 1.22. The van der Waals surface area contributed by atoms with E-state index in [2.05, 4.69) is 23.3 Å². The van der Waals surface area contributed by atoms with Gasteiger partial charge in [-0.15, -0.1) is 0 Å². The van der Waals surface area contributed by atoms with Crippen molar-refractivity contribution in [3.63, 3.8) is 0 Å². The summed E-state index contributed by atoms with van der Waals surface area (Å²) in [6.45, 7) is 2.01. The molecule has 0 spiro atoms. The Kier molecular flexibility index (Phi) is 1.67. The summed E-state index contributed by atoms with van der Waals surface area (Å²) in [7, 11) is 0. The van der Waals surface area contributed by atoms with Crippen molar-refractivity contribution in [1.82, 2.24) is 9.61 Å². The predicted molar refractivity (Wildman–Crippen MR) is 49.9 cm³/mol. The highest BCUT2D eigenvalue weighted by molar-refractivity contribution is 5.54. The van der Waals surface area contributed by atoms with Crippen LogP contribution in [0.3, 0.4) is 0 Å². The molecule has 0 aliphatic carbocycles. The van der Waals surface area contributed by atoms with Gasteiger partial charge in [-0.1, -0.05) is 18.2 Å². The minimum Gasteiger partial charge on any atom is -0.240 e. The predicted octanol–water partition coefficient (Wildman–Crippen LogP) is 2.37. The largest absolute Gasteiger partial charge is 0.240 e. The van der Waals surface area contributed by atoms with E-state index in [0.29, 0.717) is 0 Å². The summed E-state index contributed by atoms with van der Waals surface area (Å²) in [6, 6.07) is 6.12. The highest BCUT2D eigenvalue weighted by Gasteiger charge is 1.91. The first kappa shape index (κ1) is 7.10. The lowest BCUT2D eigenvalue weighted by Crippen LogP contribution is -1.86. The number of rotatable bonds is 1. The number of nitrogens with zero attached hydrogens (tertiary/aromatic N) is 2. The average molecular weight is 158 g/mol. The smallest absolute Gasteiger partial charge is 0.0661 e. The second-order valence-electron chi connectivity index (χ2n) is 2.66. The van der Waals surface area contributed by atoms with E-state index < -0.39 is 0 Å². The van der Waals surface area contributed by atoms with Crippen molar-refractivity contribution >= 4 is 11.6 Å². The van der Waals surface area contributed by atoms with Crippen molar-refractivity contribution < 1.29 is 0 Å². The third-order valence-corrected chi connectivity index (χ3v) is 1.78. The van der Waals surface area contributed by atoms with Crippen molar-refractivity contribution in [2.24, 2.45) is 0 Å². The van der Waals surface area contributed by atoms with Gasteiger partial charge in [0, 0.05) is 12.4 Å². The summed E-state index contributed by atoms with van der Waals surface area (Å²) >= 11 is 0. The zero-order valence-electron chi connectivity index (χ0n) is 6.94. The van der Waals surface area contributed by atoms with Gasteiger partial charge in [0.05, 0.1) is 5.52 Å². The second kappa shape index (κ2) is 2.81. The molecule has 12 heavy (non-hydrogen) atoms. The maximum absolute atomic E-state index is 4.14. The molecular weight excluding hydrogens is 148 g/mol. The first-order valence-electron chi connectivity index (χ1n) is 3.96. The van der Waals surface area contributed by atoms with Crippen LogP contribution in [0, 0.1) is 0 Å². The van der Waals surface area contributed by atoms with Crippen LogP contribution in [0.2, 0.25) is 0 Å². The Morgan fingerprint density at radius 3 is 3.08 bits per heavy atom. The molecule has 2 heterocycles. The van der Waals surface area contributed by atoms with Crippen LogP contribution in [0.25, 0.3) is 11.6 Å². The molecule has 0 radical (unpaired) electrons. The maximum Gasteiger partial charge on any atom is 0.0661 e. The van der Waals surface area contributed by atoms with Gasteiger partial charge >= 0.3 is 0 Å². The zero-order chi connectivity index (χ0) is 8.39. The normalized spacial score (nSPS) is 11.4. The van der Waals surface area contributed by atoms with Gasteiger partial charge in [0.25, 0.3) is 0 Å². The van der Waals surface area contributed by atoms with E-state index in [-0.39, 0.29) is 0 Å². The quantitative estimate of drug-likeness (QED) is 0.622. The second-order valence-corrected chi connectivity index (χ2v) is 2.66. The zero-order valence-corrected chi connectivity index (χ0v) is 6.94. The Morgan fingerprint density at radius 2 is 2.25 bits per heavy atom. The van der Waals surface area contributed by atoms with Gasteiger partial charge < -0.3 is 0 Å². The summed E-state index contributed by atoms with van der Waals surface area (Å²) in [4.78, 5) is 0. The molecule has 0 aliphatic rings. The molecule has 2 rings (SSSR count). The summed E-state index contributed by atoms with van der Waals surface area (Å²) < 4.78 is 1.87. The van der Waals surface area contributed by atoms with Gasteiger partial charge in [0.15, 0.2) is 0 Å². The number of hydrogen-bond acceptors (Lipinski definition) is 1. The van der Waals surface area contributed by atoms with E-state index in [0.717, 1.165) is 5.52 Å². The Bertz CT molecular complexity index is 412. The van der Waals surface area contributed by atoms with E-state index >= 15 is 0 Å². The third kappa shape index (κ3) is 1.11. The molecular formula is C10H10N2. The molecule has 0 saturated heterocycles. The molecule has 60 valence electrons. The number of allylic oxidation sites excluding steroid dienone is 1. The first-order chi connectivity index (χ1) is 5.90. The number of aromatic nitrogens is 2. The van der Waals surface area contributed by atoms with Crippen LogP contribution in [-0.4, -0.2) is 9.61 Å². The topological polar surface area (TPSA) is 17.3 Å². The monoisotopic (exact) mass is 158 g/mol. The van der Waals surface area contributed by atoms with Gasteiger partial charge in [-0.2, -0.15) is 5.10 Å². The van der Waals surface area contributed by atoms with Gasteiger partial charge in [-0.25, -0.2) is 4.52 Å². The molecule has 2 aromatic heterocycles. The lowest BCUT2D eigenvalue weighted by Gasteiger charge is -1.94. The van der Waals surface area contributed by atoms with E-state index in [9.17, 15) is 0 Å². The van der Waals surface area contributed by atoms with Gasteiger partial charge in [-0.3, -0.25) is 0 Å². The molecule has 0 amide bonds. The average Bonchev–Trinajstić information content (AvgIpc) is 2.51. The fourth-order valence-electron chi connectivity index (χ4n) is 1.22. The van der Waals surface area contributed by atoms with E-state index in [1.165, 1.54) is 5.56 Å². The van der Waals surface area contributed by atoms with Gasteiger partial charge in [0.1, 0.15) is 0 Å². The standard InChI is InChI=1S/C10H10N2/c1-2-3-9-4-5-10-6-7-11-12(10)8-9/h2-8H,1H3/b3-2+. The summed E-state index contributed by atoms with van der Waals surface area (Å²) in [5.74, 6) is 0. The molecule has 0 atom stereocenters. The summed E-state index contributed by atoms with van der Waals surface area (Å²) in [5.41, 5.74) is 2.30. The van der Waals surface area contributed by atoms with E-state index in [4.69, 9.17) is 0 Å². The summed E-state index contributed by atoms with van der Waals surface area (Å²) in [6.07, 6.45) is 7.88. The van der Waals surface area contributed by atoms with Crippen LogP contribution in [0.4, 0.5) is 0 Å². The molecule has 0 saturated carbocycles. The van der Waals surface area contributed by atoms with Crippen LogP contribution >= 0.6 is 0 Å². The maximum atomic E-state index is 4.14. The summed E-state index contributed by atoms with van der Waals surface area (Å²) in [5, 5.41) is 4.14. The number of pyridine rings is 1. The lowest BCUT2D eigenvalue weighted by atomic mass is 10.2. The highest BCUT2D eigenvalue weighted by Crippen LogP contribution is 2.06. The van der Waals surface area contributed by atoms with Crippen molar-refractivity contribution in [2.45, 2.75) is 6.92 Å². The minimum atomic E-state index is 1.13. The molecule has 2 nitrogen and oxygen atoms in total. The van der Waals surface area contributed by atoms with E-state index in [1.807, 2.05) is 29.8 Å². The van der Waals surface area contributed by atoms with Crippen LogP contribution in [0.15, 0.2) is 36.7 Å². The molecule has 0 unspecified atom stereocenters.